The highest BCUT2D eigenvalue weighted by Crippen LogP contribution is 2.32. The molecule has 0 spiro atoms. The minimum Gasteiger partial charge on any atom is -0.481 e. The summed E-state index contributed by atoms with van der Waals surface area (Å²) in [6.07, 6.45) is -6.18. The number of benzene rings is 2. The Morgan fingerprint density at radius 2 is 1.75 bits per heavy atom. The Morgan fingerprint density at radius 3 is 2.40 bits per heavy atom. The molecule has 4 rings (SSSR count). The van der Waals surface area contributed by atoms with E-state index in [1.807, 2.05) is 30.3 Å². The van der Waals surface area contributed by atoms with Crippen LogP contribution < -0.4 is 5.32 Å². The summed E-state index contributed by atoms with van der Waals surface area (Å²) >= 11 is 0. The molecule has 214 valence electrons. The number of halogens is 3. The number of carboxylic acid groups (broad SMARTS) is 1. The maximum atomic E-state index is 13.5. The molecule has 2 aromatic carbocycles. The van der Waals surface area contributed by atoms with Crippen LogP contribution in [-0.4, -0.2) is 80.6 Å². The van der Waals surface area contributed by atoms with Crippen molar-refractivity contribution < 1.29 is 37.5 Å². The minimum atomic E-state index is -4.58. The normalized spacial score (nSPS) is 19.9. The maximum absolute atomic E-state index is 13.5. The van der Waals surface area contributed by atoms with Crippen LogP contribution in [0.25, 0.3) is 0 Å². The average Bonchev–Trinajstić information content (AvgIpc) is 2.92. The number of carbonyl (C=O) groups excluding carboxylic acids is 3. The Labute approximate surface area is 228 Å². The Morgan fingerprint density at radius 1 is 1.05 bits per heavy atom. The number of hydrogen-bond donors (Lipinski definition) is 2. The molecule has 0 saturated carbocycles. The van der Waals surface area contributed by atoms with Gasteiger partial charge in [-0.25, -0.2) is 14.8 Å². The third-order valence-corrected chi connectivity index (χ3v) is 6.95. The molecule has 4 amide bonds. The molecule has 40 heavy (non-hydrogen) atoms. The van der Waals surface area contributed by atoms with Crippen LogP contribution >= 0.6 is 0 Å². The Kier molecular flexibility index (Phi) is 8.62. The molecule has 0 unspecified atom stereocenters. The number of carboxylic acids is 1. The fraction of sp³-hybridized carbons (Fsp3) is 0.407. The molecule has 2 atom stereocenters. The topological polar surface area (TPSA) is 114 Å². The number of rotatable bonds is 8. The molecule has 2 fully saturated rings. The molecule has 2 N–H and O–H groups in total. The first-order valence-corrected chi connectivity index (χ1v) is 12.8. The molecule has 0 aliphatic carbocycles. The van der Waals surface area contributed by atoms with Gasteiger partial charge in [0, 0.05) is 26.1 Å². The predicted molar refractivity (Wildman–Crippen MR) is 136 cm³/mol. The summed E-state index contributed by atoms with van der Waals surface area (Å²) in [6.45, 7) is 1.67. The molecule has 0 aromatic heterocycles. The van der Waals surface area contributed by atoms with Crippen molar-refractivity contribution >= 4 is 23.8 Å². The largest absolute Gasteiger partial charge is 0.481 e. The van der Waals surface area contributed by atoms with Gasteiger partial charge in [-0.15, -0.1) is 0 Å². The van der Waals surface area contributed by atoms with Gasteiger partial charge < -0.3 is 20.2 Å². The molecule has 2 aliphatic heterocycles. The lowest BCUT2D eigenvalue weighted by molar-refractivity contribution is -0.191. The third kappa shape index (κ3) is 6.36. The van der Waals surface area contributed by atoms with Gasteiger partial charge in [0.25, 0.3) is 0 Å². The smallest absolute Gasteiger partial charge is 0.416 e. The summed E-state index contributed by atoms with van der Waals surface area (Å²) in [6, 6.07) is 12.0. The monoisotopic (exact) mass is 561 g/mol. The fourth-order valence-electron chi connectivity index (χ4n) is 5.06. The number of urea groups is 1. The van der Waals surface area contributed by atoms with Gasteiger partial charge in [0.2, 0.25) is 11.8 Å². The van der Waals surface area contributed by atoms with Crippen molar-refractivity contribution in [2.75, 3.05) is 19.6 Å². The summed E-state index contributed by atoms with van der Waals surface area (Å²) < 4.78 is 39.9. The summed E-state index contributed by atoms with van der Waals surface area (Å²) in [7, 11) is 0. The number of aliphatic carboxylic acids is 1. The van der Waals surface area contributed by atoms with E-state index >= 15 is 0 Å². The number of hydrogen-bond acceptors (Lipinski definition) is 5. The number of fused-ring (bicyclic) bond motifs is 1. The van der Waals surface area contributed by atoms with E-state index in [0.717, 1.165) is 17.7 Å². The molecule has 0 radical (unpaired) electrons. The highest BCUT2D eigenvalue weighted by Gasteiger charge is 2.51. The van der Waals surface area contributed by atoms with Crippen LogP contribution in [0.5, 0.6) is 0 Å². The number of piperazine rings is 1. The van der Waals surface area contributed by atoms with Crippen LogP contribution in [0, 0.1) is 0 Å². The molecule has 2 saturated heterocycles. The van der Waals surface area contributed by atoms with E-state index in [-0.39, 0.29) is 44.7 Å². The first-order chi connectivity index (χ1) is 19.0. The predicted octanol–water partition coefficient (Wildman–Crippen LogP) is 2.90. The highest BCUT2D eigenvalue weighted by molar-refractivity contribution is 5.91. The lowest BCUT2D eigenvalue weighted by atomic mass is 10.0. The van der Waals surface area contributed by atoms with Crippen molar-refractivity contribution in [1.29, 1.82) is 0 Å². The van der Waals surface area contributed by atoms with Crippen LogP contribution in [0.2, 0.25) is 0 Å². The number of amides is 4. The van der Waals surface area contributed by atoms with E-state index in [2.05, 4.69) is 5.32 Å². The van der Waals surface area contributed by atoms with Crippen LogP contribution in [0.15, 0.2) is 54.6 Å². The number of likely N-dealkylation sites (N-methyl/N-ethyl adjacent to an activating group) is 1. The van der Waals surface area contributed by atoms with Crippen LogP contribution in [0.4, 0.5) is 18.0 Å². The zero-order valence-corrected chi connectivity index (χ0v) is 21.8. The second kappa shape index (κ2) is 11.9. The minimum absolute atomic E-state index is 0.167. The van der Waals surface area contributed by atoms with E-state index in [0.29, 0.717) is 0 Å². The average molecular weight is 562 g/mol. The summed E-state index contributed by atoms with van der Waals surface area (Å²) in [4.78, 5) is 54.2. The highest BCUT2D eigenvalue weighted by atomic mass is 19.4. The maximum Gasteiger partial charge on any atom is 0.416 e. The van der Waals surface area contributed by atoms with Gasteiger partial charge in [-0.2, -0.15) is 13.2 Å². The van der Waals surface area contributed by atoms with E-state index in [1.54, 1.807) is 6.92 Å². The molecule has 0 bridgehead atoms. The van der Waals surface area contributed by atoms with Gasteiger partial charge in [0.15, 0.2) is 0 Å². The lowest BCUT2D eigenvalue weighted by Gasteiger charge is -2.55. The van der Waals surface area contributed by atoms with Crippen LogP contribution in [-0.2, 0) is 33.6 Å². The Hall–Kier alpha value is -4.13. The summed E-state index contributed by atoms with van der Waals surface area (Å²) in [5.74, 6) is -2.20. The molecule has 13 heteroatoms. The van der Waals surface area contributed by atoms with E-state index in [1.165, 1.54) is 32.0 Å². The third-order valence-electron chi connectivity index (χ3n) is 6.95. The Balaban J connectivity index is 1.65. The SMILES string of the molecule is CCN1CC(=O)N2[C@@H](CCC(=O)O)C(=O)N(Cc3cccc(C(F)(F)F)c3)C[C@@H]2N1C(=O)NCc1ccccc1. The summed E-state index contributed by atoms with van der Waals surface area (Å²) in [5, 5.41) is 15.0. The van der Waals surface area contributed by atoms with Crippen molar-refractivity contribution in [3.05, 3.63) is 71.3 Å². The van der Waals surface area contributed by atoms with Crippen molar-refractivity contribution in [2.24, 2.45) is 0 Å². The second-order valence-electron chi connectivity index (χ2n) is 9.62. The first kappa shape index (κ1) is 28.9. The van der Waals surface area contributed by atoms with Crippen LogP contribution in [0.1, 0.15) is 36.5 Å². The zero-order chi connectivity index (χ0) is 29.0. The molecular weight excluding hydrogens is 531 g/mol. The molecule has 2 heterocycles. The zero-order valence-electron chi connectivity index (χ0n) is 21.8. The quantitative estimate of drug-likeness (QED) is 0.513. The van der Waals surface area contributed by atoms with E-state index in [4.69, 9.17) is 0 Å². The summed E-state index contributed by atoms with van der Waals surface area (Å²) in [5.41, 5.74) is 0.182. The lowest BCUT2D eigenvalue weighted by Crippen LogP contribution is -2.76. The number of hydrazine groups is 1. The number of nitrogens with zero attached hydrogens (tertiary/aromatic N) is 4. The number of carbonyl (C=O) groups is 4. The standard InChI is InChI=1S/C27H30F3N5O5/c1-2-33-17-23(36)34-21(11-12-24(37)38)25(39)32(15-19-9-6-10-20(13-19)27(28,29)30)16-22(34)35(33)26(40)31-14-18-7-4-3-5-8-18/h3-10,13,21-22H,2,11-12,14-17H2,1H3,(H,31,40)(H,37,38)/t21-,22-/m0/s1. The van der Waals surface area contributed by atoms with Gasteiger partial charge in [-0.3, -0.25) is 14.4 Å². The van der Waals surface area contributed by atoms with Gasteiger partial charge in [-0.05, 0) is 29.7 Å². The second-order valence-corrected chi connectivity index (χ2v) is 9.62. The van der Waals surface area contributed by atoms with E-state index in [9.17, 15) is 37.5 Å². The fourth-order valence-corrected chi connectivity index (χ4v) is 5.06. The molecule has 10 nitrogen and oxygen atoms in total. The van der Waals surface area contributed by atoms with Crippen molar-refractivity contribution in [3.8, 4) is 0 Å². The van der Waals surface area contributed by atoms with Gasteiger partial charge in [-0.1, -0.05) is 49.4 Å². The molecule has 2 aliphatic rings. The van der Waals surface area contributed by atoms with Crippen molar-refractivity contribution in [3.63, 3.8) is 0 Å². The van der Waals surface area contributed by atoms with Crippen LogP contribution in [0.3, 0.4) is 0 Å². The van der Waals surface area contributed by atoms with Gasteiger partial charge in [0.05, 0.1) is 18.7 Å². The Bertz CT molecular complexity index is 1260. The van der Waals surface area contributed by atoms with Crippen molar-refractivity contribution in [1.82, 2.24) is 25.1 Å². The number of alkyl halides is 3. The van der Waals surface area contributed by atoms with E-state index < -0.39 is 54.2 Å². The van der Waals surface area contributed by atoms with Gasteiger partial charge >= 0.3 is 18.2 Å². The van der Waals surface area contributed by atoms with Crippen molar-refractivity contribution in [2.45, 2.75) is 51.2 Å². The molecular formula is C27H30F3N5O5. The first-order valence-electron chi connectivity index (χ1n) is 12.8. The van der Waals surface area contributed by atoms with Gasteiger partial charge in [0.1, 0.15) is 12.2 Å². The molecule has 2 aromatic rings. The number of nitrogens with one attached hydrogen (secondary N) is 1.